The summed E-state index contributed by atoms with van der Waals surface area (Å²) in [6, 6.07) is 7.67. The van der Waals surface area contributed by atoms with E-state index < -0.39 is 10.2 Å². The molecule has 3 N–H and O–H groups in total. The maximum Gasteiger partial charge on any atom is 0.282 e. The highest BCUT2D eigenvalue weighted by Gasteiger charge is 2.51. The number of pyridine rings is 1. The smallest absolute Gasteiger partial charge is 0.282 e. The number of aromatic nitrogens is 5. The largest absolute Gasteiger partial charge is 0.351 e. The lowest BCUT2D eigenvalue weighted by Gasteiger charge is -2.43. The molecule has 0 aliphatic carbocycles. The van der Waals surface area contributed by atoms with Crippen molar-refractivity contribution in [2.45, 2.75) is 50.7 Å². The van der Waals surface area contributed by atoms with Gasteiger partial charge in [-0.3, -0.25) is 10.1 Å². The fourth-order valence-electron chi connectivity index (χ4n) is 5.38. The highest BCUT2D eigenvalue weighted by molar-refractivity contribution is 7.86. The Balaban J connectivity index is 1.21. The molecule has 2 bridgehead atoms. The number of H-pyrrole nitrogens is 1. The first kappa shape index (κ1) is 22.1. The van der Waals surface area contributed by atoms with Crippen molar-refractivity contribution in [2.75, 3.05) is 23.7 Å². The molecule has 3 aromatic rings. The summed E-state index contributed by atoms with van der Waals surface area (Å²) < 4.78 is 29.5. The number of anilines is 3. The monoisotopic (exact) mass is 494 g/mol. The SMILES string of the molecule is Cc1cc(Nc2nc(NC3CC4CCC(C3)N4S(=O)(=O)N3CC(C#N)C3)nc3cccnc23)n[nH]1. The van der Waals surface area contributed by atoms with Crippen LogP contribution in [0.3, 0.4) is 0 Å². The van der Waals surface area contributed by atoms with E-state index in [4.69, 9.17) is 5.26 Å². The summed E-state index contributed by atoms with van der Waals surface area (Å²) in [4.78, 5) is 13.8. The van der Waals surface area contributed by atoms with Crippen molar-refractivity contribution < 1.29 is 8.42 Å². The lowest BCUT2D eigenvalue weighted by atomic mass is 10.00. The molecule has 2 unspecified atom stereocenters. The van der Waals surface area contributed by atoms with E-state index in [9.17, 15) is 8.42 Å². The van der Waals surface area contributed by atoms with Crippen LogP contribution in [0.15, 0.2) is 24.4 Å². The Morgan fingerprint density at radius 3 is 2.66 bits per heavy atom. The van der Waals surface area contributed by atoms with E-state index in [1.54, 1.807) is 10.5 Å². The van der Waals surface area contributed by atoms with Crippen LogP contribution in [0.5, 0.6) is 0 Å². The normalized spacial score (nSPS) is 25.3. The van der Waals surface area contributed by atoms with Crippen molar-refractivity contribution in [3.63, 3.8) is 0 Å². The third kappa shape index (κ3) is 3.97. The molecule has 0 aromatic carbocycles. The molecule has 12 nitrogen and oxygen atoms in total. The zero-order valence-corrected chi connectivity index (χ0v) is 20.0. The standard InChI is InChI=1S/C22H26N10O2S/c1-13-7-19(30-29-13)27-21-20-18(3-2-6-24-20)26-22(28-21)25-15-8-16-4-5-17(9-15)32(16)35(33,34)31-11-14(10-23)12-31/h2-3,6-7,14-17H,4-5,8-9,11-12H2,1H3,(H3,25,26,27,28,29,30). The number of nitrogens with one attached hydrogen (secondary N) is 3. The second kappa shape index (κ2) is 8.40. The van der Waals surface area contributed by atoms with Gasteiger partial charge in [0.25, 0.3) is 10.2 Å². The minimum absolute atomic E-state index is 0.0526. The van der Waals surface area contributed by atoms with Crippen LogP contribution in [0.2, 0.25) is 0 Å². The molecule has 35 heavy (non-hydrogen) atoms. The predicted octanol–water partition coefficient (Wildman–Crippen LogP) is 1.91. The summed E-state index contributed by atoms with van der Waals surface area (Å²) in [6.45, 7) is 2.51. The molecule has 3 saturated heterocycles. The number of aromatic amines is 1. The van der Waals surface area contributed by atoms with E-state index in [1.807, 2.05) is 25.1 Å². The molecule has 0 radical (unpaired) electrons. The van der Waals surface area contributed by atoms with Crippen LogP contribution >= 0.6 is 0 Å². The molecule has 2 atom stereocenters. The number of fused-ring (bicyclic) bond motifs is 3. The lowest BCUT2D eigenvalue weighted by molar-refractivity contribution is 0.182. The quantitative estimate of drug-likeness (QED) is 0.466. The molecule has 6 rings (SSSR count). The van der Waals surface area contributed by atoms with Gasteiger partial charge in [0.2, 0.25) is 5.95 Å². The second-order valence-corrected chi connectivity index (χ2v) is 11.3. The van der Waals surface area contributed by atoms with Gasteiger partial charge in [0.15, 0.2) is 11.6 Å². The third-order valence-corrected chi connectivity index (χ3v) is 9.11. The van der Waals surface area contributed by atoms with Crippen molar-refractivity contribution in [3.8, 4) is 6.07 Å². The Bertz CT molecular complexity index is 1400. The zero-order valence-electron chi connectivity index (χ0n) is 19.2. The predicted molar refractivity (Wildman–Crippen MR) is 129 cm³/mol. The van der Waals surface area contributed by atoms with Gasteiger partial charge in [-0.1, -0.05) is 0 Å². The highest BCUT2D eigenvalue weighted by Crippen LogP contribution is 2.40. The number of hydrogen-bond acceptors (Lipinski definition) is 9. The van der Waals surface area contributed by atoms with E-state index in [0.717, 1.165) is 18.5 Å². The fraction of sp³-hybridized carbons (Fsp3) is 0.500. The van der Waals surface area contributed by atoms with Crippen molar-refractivity contribution in [2.24, 2.45) is 5.92 Å². The van der Waals surface area contributed by atoms with Gasteiger partial charge >= 0.3 is 0 Å². The summed E-state index contributed by atoms with van der Waals surface area (Å²) in [7, 11) is -3.54. The van der Waals surface area contributed by atoms with Crippen LogP contribution < -0.4 is 10.6 Å². The zero-order chi connectivity index (χ0) is 24.2. The van der Waals surface area contributed by atoms with Crippen molar-refractivity contribution in [1.82, 2.24) is 33.8 Å². The first-order valence-electron chi connectivity index (χ1n) is 11.8. The Morgan fingerprint density at radius 2 is 1.97 bits per heavy atom. The summed E-state index contributed by atoms with van der Waals surface area (Å²) in [5, 5.41) is 22.8. The molecule has 182 valence electrons. The Kier molecular flexibility index (Phi) is 5.32. The summed E-state index contributed by atoms with van der Waals surface area (Å²) in [5.74, 6) is 1.47. The van der Waals surface area contributed by atoms with E-state index in [2.05, 4.69) is 41.9 Å². The maximum atomic E-state index is 13.2. The van der Waals surface area contributed by atoms with E-state index >= 15 is 0 Å². The van der Waals surface area contributed by atoms with Crippen molar-refractivity contribution in [1.29, 1.82) is 5.26 Å². The molecule has 0 spiro atoms. The number of piperidine rings is 1. The molecule has 0 saturated carbocycles. The van der Waals surface area contributed by atoms with Gasteiger partial charge in [-0.2, -0.15) is 32.4 Å². The topological polar surface area (TPSA) is 156 Å². The van der Waals surface area contributed by atoms with Crippen LogP contribution in [-0.4, -0.2) is 73.4 Å². The molecule has 0 amide bonds. The first-order chi connectivity index (χ1) is 16.9. The number of hydrogen-bond donors (Lipinski definition) is 3. The van der Waals surface area contributed by atoms with Gasteiger partial charge in [0.1, 0.15) is 5.52 Å². The van der Waals surface area contributed by atoms with Crippen LogP contribution in [0, 0.1) is 24.2 Å². The maximum absolute atomic E-state index is 13.2. The van der Waals surface area contributed by atoms with E-state index in [0.29, 0.717) is 54.5 Å². The molecule has 3 aliphatic heterocycles. The van der Waals surface area contributed by atoms with E-state index in [-0.39, 0.29) is 24.0 Å². The van der Waals surface area contributed by atoms with Crippen molar-refractivity contribution >= 4 is 38.8 Å². The Hall–Kier alpha value is -3.34. The Morgan fingerprint density at radius 1 is 1.20 bits per heavy atom. The van der Waals surface area contributed by atoms with Gasteiger partial charge in [-0.15, -0.1) is 0 Å². The molecule has 3 fully saturated rings. The molecule has 3 aromatic heterocycles. The Labute approximate surface area is 202 Å². The summed E-state index contributed by atoms with van der Waals surface area (Å²) in [5.41, 5.74) is 2.27. The average Bonchev–Trinajstić information content (AvgIpc) is 3.33. The number of nitrogens with zero attached hydrogens (tertiary/aromatic N) is 7. The first-order valence-corrected chi connectivity index (χ1v) is 13.2. The lowest BCUT2D eigenvalue weighted by Crippen LogP contribution is -2.59. The minimum Gasteiger partial charge on any atom is -0.351 e. The van der Waals surface area contributed by atoms with Crippen LogP contribution in [0.1, 0.15) is 31.4 Å². The molecular weight excluding hydrogens is 468 g/mol. The average molecular weight is 495 g/mol. The van der Waals surface area contributed by atoms with Gasteiger partial charge in [-0.25, -0.2) is 4.98 Å². The fourth-order valence-corrected chi connectivity index (χ4v) is 7.51. The second-order valence-electron chi connectivity index (χ2n) is 9.51. The van der Waals surface area contributed by atoms with Gasteiger partial charge in [-0.05, 0) is 44.7 Å². The molecular formula is C22H26N10O2S. The molecule has 3 aliphatic rings. The minimum atomic E-state index is -3.54. The number of nitriles is 1. The highest BCUT2D eigenvalue weighted by atomic mass is 32.2. The van der Waals surface area contributed by atoms with Gasteiger partial charge in [0, 0.05) is 49.2 Å². The van der Waals surface area contributed by atoms with Crippen LogP contribution in [0.4, 0.5) is 17.6 Å². The summed E-state index contributed by atoms with van der Waals surface area (Å²) >= 11 is 0. The van der Waals surface area contributed by atoms with E-state index in [1.165, 1.54) is 4.31 Å². The molecule has 6 heterocycles. The van der Waals surface area contributed by atoms with Gasteiger partial charge in [0.05, 0.1) is 17.5 Å². The molecule has 13 heteroatoms. The number of rotatable bonds is 6. The summed E-state index contributed by atoms with van der Waals surface area (Å²) in [6.07, 6.45) is 4.74. The van der Waals surface area contributed by atoms with Gasteiger partial charge < -0.3 is 10.6 Å². The third-order valence-electron chi connectivity index (χ3n) is 7.03. The van der Waals surface area contributed by atoms with Crippen molar-refractivity contribution in [3.05, 3.63) is 30.1 Å². The number of aryl methyl sites for hydroxylation is 1. The van der Waals surface area contributed by atoms with Crippen LogP contribution in [0.25, 0.3) is 11.0 Å². The van der Waals surface area contributed by atoms with Crippen LogP contribution in [-0.2, 0) is 10.2 Å².